The van der Waals surface area contributed by atoms with Gasteiger partial charge in [-0.25, -0.2) is 9.13 Å². The van der Waals surface area contributed by atoms with Gasteiger partial charge in [-0.15, -0.1) is 0 Å². The van der Waals surface area contributed by atoms with Gasteiger partial charge in [-0.2, -0.15) is 0 Å². The molecule has 2 unspecified atom stereocenters. The molecule has 17 nitrogen and oxygen atoms in total. The Morgan fingerprint density at radius 2 is 0.455 bits per heavy atom. The van der Waals surface area contributed by atoms with Gasteiger partial charge < -0.3 is 33.8 Å². The molecule has 0 aromatic heterocycles. The van der Waals surface area contributed by atoms with E-state index in [4.69, 9.17) is 37.0 Å². The summed E-state index contributed by atoms with van der Waals surface area (Å²) in [5.41, 5.74) is 0. The van der Waals surface area contributed by atoms with Crippen molar-refractivity contribution in [1.29, 1.82) is 0 Å². The van der Waals surface area contributed by atoms with Crippen LogP contribution in [0.15, 0.2) is 0 Å². The van der Waals surface area contributed by atoms with E-state index < -0.39 is 97.5 Å². The van der Waals surface area contributed by atoms with Crippen molar-refractivity contribution in [1.82, 2.24) is 0 Å². The van der Waals surface area contributed by atoms with E-state index in [1.807, 2.05) is 0 Å². The first-order valence-electron chi connectivity index (χ1n) is 36.3. The van der Waals surface area contributed by atoms with Crippen molar-refractivity contribution in [3.63, 3.8) is 0 Å². The normalized spacial score (nSPS) is 14.0. The summed E-state index contributed by atoms with van der Waals surface area (Å²) in [4.78, 5) is 72.2. The average molecular weight is 1300 g/mol. The minimum absolute atomic E-state index is 0.106. The Balaban J connectivity index is 5.15. The molecule has 0 aromatic rings. The zero-order chi connectivity index (χ0) is 64.7. The van der Waals surface area contributed by atoms with Gasteiger partial charge in [-0.3, -0.25) is 37.3 Å². The fourth-order valence-electron chi connectivity index (χ4n) is 10.5. The third kappa shape index (κ3) is 62.8. The summed E-state index contributed by atoms with van der Waals surface area (Å²) in [7, 11) is -9.89. The SMILES string of the molecule is CCCCCCCCCCCCCCCCCCC(=O)OC[C@H](COP(=O)(O)OC[C@@H](O)COP(=O)(O)OC[C@@H](COC(=O)CCCCCCC)OC(=O)CCCCCCCCCCCCC)OC(=O)CCCCCCCCCCCCCCCCCC. The van der Waals surface area contributed by atoms with Crippen LogP contribution in [0.4, 0.5) is 0 Å². The number of esters is 4. The average Bonchev–Trinajstić information content (AvgIpc) is 3.68. The van der Waals surface area contributed by atoms with Crippen LogP contribution < -0.4 is 0 Å². The number of carbonyl (C=O) groups excluding carboxylic acids is 4. The van der Waals surface area contributed by atoms with Gasteiger partial charge in [0.15, 0.2) is 12.2 Å². The topological polar surface area (TPSA) is 237 Å². The van der Waals surface area contributed by atoms with Gasteiger partial charge in [0, 0.05) is 25.7 Å². The molecule has 0 saturated heterocycles. The molecular weight excluding hydrogens is 1160 g/mol. The van der Waals surface area contributed by atoms with Crippen LogP contribution in [0.2, 0.25) is 0 Å². The van der Waals surface area contributed by atoms with Gasteiger partial charge in [-0.1, -0.05) is 310 Å². The molecule has 19 heteroatoms. The number of phosphoric acid groups is 2. The molecule has 3 N–H and O–H groups in total. The number of carbonyl (C=O) groups is 4. The van der Waals surface area contributed by atoms with Crippen molar-refractivity contribution in [3.05, 3.63) is 0 Å². The van der Waals surface area contributed by atoms with E-state index in [1.54, 1.807) is 0 Å². The Kier molecular flexibility index (Phi) is 62.4. The molecule has 0 aliphatic rings. The number of unbranched alkanes of at least 4 members (excludes halogenated alkanes) is 44. The van der Waals surface area contributed by atoms with E-state index in [0.717, 1.165) is 96.3 Å². The molecule has 0 radical (unpaired) electrons. The van der Waals surface area contributed by atoms with E-state index >= 15 is 0 Å². The maximum atomic E-state index is 13.0. The molecule has 0 rings (SSSR count). The van der Waals surface area contributed by atoms with Gasteiger partial charge in [0.1, 0.15) is 19.3 Å². The minimum atomic E-state index is -4.95. The maximum Gasteiger partial charge on any atom is 0.472 e. The van der Waals surface area contributed by atoms with Gasteiger partial charge in [0.05, 0.1) is 26.4 Å². The Hall–Kier alpha value is -1.94. The molecule has 0 aliphatic heterocycles. The van der Waals surface area contributed by atoms with E-state index in [1.165, 1.54) is 186 Å². The van der Waals surface area contributed by atoms with Crippen molar-refractivity contribution in [2.24, 2.45) is 0 Å². The third-order valence-electron chi connectivity index (χ3n) is 16.1. The molecule has 0 aromatic carbocycles. The number of rotatable bonds is 70. The largest absolute Gasteiger partial charge is 0.472 e. The van der Waals surface area contributed by atoms with E-state index in [-0.39, 0.29) is 25.7 Å². The summed E-state index contributed by atoms with van der Waals surface area (Å²) in [5, 5.41) is 10.5. The van der Waals surface area contributed by atoms with Crippen LogP contribution in [0.3, 0.4) is 0 Å². The first-order chi connectivity index (χ1) is 42.7. The number of hydrogen-bond acceptors (Lipinski definition) is 15. The fraction of sp³-hybridized carbons (Fsp3) is 0.942. The molecule has 5 atom stereocenters. The molecule has 522 valence electrons. The lowest BCUT2D eigenvalue weighted by molar-refractivity contribution is -0.161. The second kappa shape index (κ2) is 63.8. The number of aliphatic hydroxyl groups is 1. The highest BCUT2D eigenvalue weighted by Crippen LogP contribution is 2.45. The van der Waals surface area contributed by atoms with Crippen LogP contribution in [-0.2, 0) is 65.4 Å². The summed E-state index contributed by atoms with van der Waals surface area (Å²) in [6.45, 7) is 4.85. The molecule has 0 heterocycles. The lowest BCUT2D eigenvalue weighted by Gasteiger charge is -2.21. The van der Waals surface area contributed by atoms with Crippen molar-refractivity contribution in [2.75, 3.05) is 39.6 Å². The van der Waals surface area contributed by atoms with Crippen LogP contribution in [-0.4, -0.2) is 96.7 Å². The standard InChI is InChI=1S/C69H134O17P2/c1-5-9-13-17-20-23-26-28-30-32-34-37-39-42-46-50-54-67(72)80-60-65(86-69(74)56-52-48-44-41-38-35-33-31-29-27-24-21-18-14-10-6-2)62-84-88(77,78)82-58-63(70)57-81-87(75,76)83-61-64(59-79-66(71)53-49-45-16-12-8-4)85-68(73)55-51-47-43-40-36-25-22-19-15-11-7-3/h63-65,70H,5-62H2,1-4H3,(H,75,76)(H,77,78)/t63-,64+,65+/m0/s1. The number of hydrogen-bond donors (Lipinski definition) is 3. The first-order valence-corrected chi connectivity index (χ1v) is 39.3. The molecule has 0 bridgehead atoms. The van der Waals surface area contributed by atoms with Crippen LogP contribution in [0.1, 0.15) is 362 Å². The molecule has 0 saturated carbocycles. The quantitative estimate of drug-likeness (QED) is 0.0222. The van der Waals surface area contributed by atoms with Crippen LogP contribution in [0.5, 0.6) is 0 Å². The second-order valence-corrected chi connectivity index (χ2v) is 27.8. The van der Waals surface area contributed by atoms with E-state index in [9.17, 15) is 43.2 Å². The summed E-state index contributed by atoms with van der Waals surface area (Å²) in [5.74, 6) is -2.13. The highest BCUT2D eigenvalue weighted by atomic mass is 31.2. The smallest absolute Gasteiger partial charge is 0.462 e. The van der Waals surface area contributed by atoms with Gasteiger partial charge >= 0.3 is 39.5 Å². The minimum Gasteiger partial charge on any atom is -0.462 e. The summed E-state index contributed by atoms with van der Waals surface area (Å²) < 4.78 is 68.0. The fourth-order valence-corrected chi connectivity index (χ4v) is 12.1. The summed E-state index contributed by atoms with van der Waals surface area (Å²) in [6, 6.07) is 0. The van der Waals surface area contributed by atoms with Gasteiger partial charge in [0.2, 0.25) is 0 Å². The Labute approximate surface area is 537 Å². The van der Waals surface area contributed by atoms with Gasteiger partial charge in [0.25, 0.3) is 0 Å². The van der Waals surface area contributed by atoms with Crippen molar-refractivity contribution in [3.8, 4) is 0 Å². The molecule has 0 fully saturated rings. The van der Waals surface area contributed by atoms with Crippen molar-refractivity contribution < 1.29 is 80.2 Å². The molecular formula is C69H134O17P2. The molecule has 0 spiro atoms. The Bertz CT molecular complexity index is 1690. The first kappa shape index (κ1) is 86.1. The zero-order valence-corrected chi connectivity index (χ0v) is 58.5. The summed E-state index contributed by atoms with van der Waals surface area (Å²) in [6.07, 6.45) is 51.6. The van der Waals surface area contributed by atoms with Crippen molar-refractivity contribution >= 4 is 39.5 Å². The van der Waals surface area contributed by atoms with E-state index in [2.05, 4.69) is 27.7 Å². The van der Waals surface area contributed by atoms with Crippen molar-refractivity contribution in [2.45, 2.75) is 380 Å². The highest BCUT2D eigenvalue weighted by molar-refractivity contribution is 7.47. The molecule has 0 amide bonds. The lowest BCUT2D eigenvalue weighted by Crippen LogP contribution is -2.30. The maximum absolute atomic E-state index is 13.0. The van der Waals surface area contributed by atoms with Crippen LogP contribution >= 0.6 is 15.6 Å². The number of phosphoric ester groups is 2. The molecule has 88 heavy (non-hydrogen) atoms. The zero-order valence-electron chi connectivity index (χ0n) is 56.7. The lowest BCUT2D eigenvalue weighted by atomic mass is 10.0. The number of ether oxygens (including phenoxy) is 4. The predicted molar refractivity (Wildman–Crippen MR) is 354 cm³/mol. The van der Waals surface area contributed by atoms with Crippen LogP contribution in [0, 0.1) is 0 Å². The van der Waals surface area contributed by atoms with E-state index in [0.29, 0.717) is 25.7 Å². The highest BCUT2D eigenvalue weighted by Gasteiger charge is 2.30. The van der Waals surface area contributed by atoms with Crippen LogP contribution in [0.25, 0.3) is 0 Å². The predicted octanol–water partition coefficient (Wildman–Crippen LogP) is 19.9. The van der Waals surface area contributed by atoms with Gasteiger partial charge in [-0.05, 0) is 25.7 Å². The monoisotopic (exact) mass is 1300 g/mol. The Morgan fingerprint density at radius 1 is 0.273 bits per heavy atom. The third-order valence-corrected chi connectivity index (χ3v) is 18.0. The second-order valence-electron chi connectivity index (χ2n) is 24.9. The number of aliphatic hydroxyl groups excluding tert-OH is 1. The summed E-state index contributed by atoms with van der Waals surface area (Å²) >= 11 is 0. The molecule has 0 aliphatic carbocycles. The Morgan fingerprint density at radius 3 is 0.670 bits per heavy atom.